The molecule has 0 unspecified atom stereocenters. The second-order valence-corrected chi connectivity index (χ2v) is 5.80. The number of guanidine groups is 1. The molecule has 0 aromatic rings. The number of hydrogen-bond donors (Lipinski definition) is 2. The standard InChI is InChI=1S/C16H34N4O2/c1-17-16(18-9-6-12-22-14-13-21-3)19-10-11-20(2)15-7-4-5-8-15/h15H,4-14H2,1-3H3,(H2,17,18,19). The fraction of sp³-hybridized carbons (Fsp3) is 0.938. The van der Waals surface area contributed by atoms with Crippen molar-refractivity contribution in [2.75, 3.05) is 60.7 Å². The Labute approximate surface area is 135 Å². The fourth-order valence-corrected chi connectivity index (χ4v) is 2.72. The zero-order chi connectivity index (χ0) is 16.0. The Kier molecular flexibility index (Phi) is 11.1. The molecule has 1 fully saturated rings. The molecule has 0 aromatic carbocycles. The molecule has 0 atom stereocenters. The molecular formula is C16H34N4O2. The van der Waals surface area contributed by atoms with Gasteiger partial charge in [0.15, 0.2) is 5.96 Å². The van der Waals surface area contributed by atoms with E-state index in [4.69, 9.17) is 9.47 Å². The zero-order valence-corrected chi connectivity index (χ0v) is 14.6. The number of aliphatic imine (C=N–C) groups is 1. The van der Waals surface area contributed by atoms with Gasteiger partial charge >= 0.3 is 0 Å². The second kappa shape index (κ2) is 12.7. The van der Waals surface area contributed by atoms with Crippen molar-refractivity contribution < 1.29 is 9.47 Å². The Morgan fingerprint density at radius 3 is 2.55 bits per heavy atom. The molecule has 0 aliphatic heterocycles. The minimum Gasteiger partial charge on any atom is -0.382 e. The predicted octanol–water partition coefficient (Wildman–Crippen LogP) is 1.08. The van der Waals surface area contributed by atoms with Crippen LogP contribution in [0.2, 0.25) is 0 Å². The van der Waals surface area contributed by atoms with Crippen molar-refractivity contribution in [3.8, 4) is 0 Å². The molecule has 0 saturated heterocycles. The Morgan fingerprint density at radius 1 is 1.14 bits per heavy atom. The van der Waals surface area contributed by atoms with E-state index in [0.29, 0.717) is 13.2 Å². The first-order chi connectivity index (χ1) is 10.8. The molecule has 1 saturated carbocycles. The predicted molar refractivity (Wildman–Crippen MR) is 91.6 cm³/mol. The summed E-state index contributed by atoms with van der Waals surface area (Å²) in [5.74, 6) is 0.872. The summed E-state index contributed by atoms with van der Waals surface area (Å²) in [6.45, 7) is 4.92. The molecule has 6 heteroatoms. The summed E-state index contributed by atoms with van der Waals surface area (Å²) in [4.78, 5) is 6.71. The second-order valence-electron chi connectivity index (χ2n) is 5.80. The van der Waals surface area contributed by atoms with Gasteiger partial charge in [0.05, 0.1) is 13.2 Å². The first-order valence-electron chi connectivity index (χ1n) is 8.49. The lowest BCUT2D eigenvalue weighted by molar-refractivity contribution is 0.0698. The molecule has 1 rings (SSSR count). The third-order valence-corrected chi connectivity index (χ3v) is 4.12. The number of nitrogens with zero attached hydrogens (tertiary/aromatic N) is 2. The van der Waals surface area contributed by atoms with E-state index in [2.05, 4.69) is 27.6 Å². The highest BCUT2D eigenvalue weighted by Crippen LogP contribution is 2.21. The molecular weight excluding hydrogens is 280 g/mol. The van der Waals surface area contributed by atoms with Crippen LogP contribution in [-0.4, -0.2) is 77.6 Å². The van der Waals surface area contributed by atoms with Gasteiger partial charge in [-0.15, -0.1) is 0 Å². The molecule has 0 radical (unpaired) electrons. The van der Waals surface area contributed by atoms with E-state index in [1.807, 2.05) is 7.05 Å². The summed E-state index contributed by atoms with van der Waals surface area (Å²) < 4.78 is 10.4. The topological polar surface area (TPSA) is 58.1 Å². The quantitative estimate of drug-likeness (QED) is 0.339. The number of methoxy groups -OCH3 is 1. The highest BCUT2D eigenvalue weighted by molar-refractivity contribution is 5.79. The average Bonchev–Trinajstić information content (AvgIpc) is 3.06. The largest absolute Gasteiger partial charge is 0.382 e. The molecule has 130 valence electrons. The lowest BCUT2D eigenvalue weighted by Gasteiger charge is -2.24. The number of nitrogens with one attached hydrogen (secondary N) is 2. The number of hydrogen-bond acceptors (Lipinski definition) is 4. The van der Waals surface area contributed by atoms with E-state index in [9.17, 15) is 0 Å². The van der Waals surface area contributed by atoms with Gasteiger partial charge in [-0.05, 0) is 26.3 Å². The van der Waals surface area contributed by atoms with Crippen LogP contribution in [0.15, 0.2) is 4.99 Å². The van der Waals surface area contributed by atoms with Crippen molar-refractivity contribution in [3.63, 3.8) is 0 Å². The Hall–Kier alpha value is -0.850. The maximum absolute atomic E-state index is 5.43. The lowest BCUT2D eigenvalue weighted by Crippen LogP contribution is -2.42. The van der Waals surface area contributed by atoms with Gasteiger partial charge in [0, 0.05) is 46.4 Å². The summed E-state index contributed by atoms with van der Waals surface area (Å²) in [5, 5.41) is 6.68. The van der Waals surface area contributed by atoms with Crippen molar-refractivity contribution in [1.29, 1.82) is 0 Å². The molecule has 1 aliphatic carbocycles. The van der Waals surface area contributed by atoms with Gasteiger partial charge in [0.1, 0.15) is 0 Å². The van der Waals surface area contributed by atoms with Gasteiger partial charge in [0.25, 0.3) is 0 Å². The van der Waals surface area contributed by atoms with Crippen molar-refractivity contribution in [2.45, 2.75) is 38.1 Å². The Balaban J connectivity index is 2.00. The minimum atomic E-state index is 0.658. The molecule has 0 aromatic heterocycles. The highest BCUT2D eigenvalue weighted by Gasteiger charge is 2.18. The van der Waals surface area contributed by atoms with E-state index in [1.54, 1.807) is 7.11 Å². The fourth-order valence-electron chi connectivity index (χ4n) is 2.72. The van der Waals surface area contributed by atoms with Crippen molar-refractivity contribution in [2.24, 2.45) is 4.99 Å². The van der Waals surface area contributed by atoms with E-state index >= 15 is 0 Å². The van der Waals surface area contributed by atoms with Crippen molar-refractivity contribution in [3.05, 3.63) is 0 Å². The van der Waals surface area contributed by atoms with Gasteiger partial charge < -0.3 is 25.0 Å². The van der Waals surface area contributed by atoms with Crippen molar-refractivity contribution in [1.82, 2.24) is 15.5 Å². The van der Waals surface area contributed by atoms with Gasteiger partial charge in [-0.3, -0.25) is 4.99 Å². The van der Waals surface area contributed by atoms with E-state index in [1.165, 1.54) is 25.7 Å². The number of likely N-dealkylation sites (N-methyl/N-ethyl adjacent to an activating group) is 1. The van der Waals surface area contributed by atoms with Gasteiger partial charge in [-0.1, -0.05) is 12.8 Å². The summed E-state index contributed by atoms with van der Waals surface area (Å²) in [6.07, 6.45) is 6.45. The zero-order valence-electron chi connectivity index (χ0n) is 14.6. The van der Waals surface area contributed by atoms with Crippen LogP contribution in [0.4, 0.5) is 0 Å². The van der Waals surface area contributed by atoms with E-state index < -0.39 is 0 Å². The van der Waals surface area contributed by atoms with Crippen LogP contribution in [0.5, 0.6) is 0 Å². The van der Waals surface area contributed by atoms with E-state index in [0.717, 1.165) is 44.7 Å². The van der Waals surface area contributed by atoms with Crippen LogP contribution in [0.3, 0.4) is 0 Å². The highest BCUT2D eigenvalue weighted by atomic mass is 16.5. The maximum atomic E-state index is 5.43. The third-order valence-electron chi connectivity index (χ3n) is 4.12. The van der Waals surface area contributed by atoms with Crippen LogP contribution in [-0.2, 0) is 9.47 Å². The molecule has 0 heterocycles. The molecule has 0 bridgehead atoms. The van der Waals surface area contributed by atoms with Crippen LogP contribution >= 0.6 is 0 Å². The Bertz CT molecular complexity index is 294. The number of ether oxygens (including phenoxy) is 2. The summed E-state index contributed by atoms with van der Waals surface area (Å²) in [7, 11) is 5.72. The summed E-state index contributed by atoms with van der Waals surface area (Å²) in [6, 6.07) is 0.779. The summed E-state index contributed by atoms with van der Waals surface area (Å²) >= 11 is 0. The molecule has 0 spiro atoms. The molecule has 1 aliphatic rings. The first kappa shape index (κ1) is 19.2. The molecule has 6 nitrogen and oxygen atoms in total. The smallest absolute Gasteiger partial charge is 0.191 e. The van der Waals surface area contributed by atoms with Crippen LogP contribution in [0.1, 0.15) is 32.1 Å². The molecule has 0 amide bonds. The van der Waals surface area contributed by atoms with Crippen LogP contribution < -0.4 is 10.6 Å². The molecule has 22 heavy (non-hydrogen) atoms. The monoisotopic (exact) mass is 314 g/mol. The minimum absolute atomic E-state index is 0.658. The van der Waals surface area contributed by atoms with Crippen LogP contribution in [0.25, 0.3) is 0 Å². The maximum Gasteiger partial charge on any atom is 0.191 e. The third kappa shape index (κ3) is 8.56. The summed E-state index contributed by atoms with van der Waals surface area (Å²) in [5.41, 5.74) is 0. The number of rotatable bonds is 11. The van der Waals surface area contributed by atoms with E-state index in [-0.39, 0.29) is 0 Å². The lowest BCUT2D eigenvalue weighted by atomic mass is 10.2. The molecule has 2 N–H and O–H groups in total. The van der Waals surface area contributed by atoms with Crippen LogP contribution in [0, 0.1) is 0 Å². The first-order valence-corrected chi connectivity index (χ1v) is 8.49. The average molecular weight is 314 g/mol. The van der Waals surface area contributed by atoms with Gasteiger partial charge in [0.2, 0.25) is 0 Å². The Morgan fingerprint density at radius 2 is 1.86 bits per heavy atom. The SMILES string of the molecule is CN=C(NCCCOCCOC)NCCN(C)C1CCCC1. The normalized spacial score (nSPS) is 16.5. The van der Waals surface area contributed by atoms with Crippen molar-refractivity contribution >= 4 is 5.96 Å². The van der Waals surface area contributed by atoms with Gasteiger partial charge in [-0.2, -0.15) is 0 Å². The van der Waals surface area contributed by atoms with Gasteiger partial charge in [-0.25, -0.2) is 0 Å².